The van der Waals surface area contributed by atoms with Crippen LogP contribution in [0.1, 0.15) is 37.0 Å². The zero-order valence-electron chi connectivity index (χ0n) is 15.4. The van der Waals surface area contributed by atoms with Gasteiger partial charge in [0, 0.05) is 17.7 Å². The molecule has 0 bridgehead atoms. The summed E-state index contributed by atoms with van der Waals surface area (Å²) in [6.45, 7) is 3.17. The molecule has 1 atom stereocenters. The van der Waals surface area contributed by atoms with Crippen molar-refractivity contribution in [3.63, 3.8) is 0 Å². The number of ether oxygens (including phenoxy) is 2. The first-order valence-corrected chi connectivity index (χ1v) is 8.81. The number of nitrogens with one attached hydrogen (secondary N) is 1. The van der Waals surface area contributed by atoms with Crippen molar-refractivity contribution >= 4 is 23.3 Å². The highest BCUT2D eigenvalue weighted by atomic mass is 16.6. The number of rotatable bonds is 9. The van der Waals surface area contributed by atoms with Crippen LogP contribution in [0.3, 0.4) is 0 Å². The maximum absolute atomic E-state index is 12.4. The third-order valence-corrected chi connectivity index (χ3v) is 3.71. The minimum Gasteiger partial charge on any atom is -0.482 e. The molecule has 0 heterocycles. The van der Waals surface area contributed by atoms with Crippen LogP contribution in [0.15, 0.2) is 54.6 Å². The molecule has 1 amide bonds. The maximum atomic E-state index is 12.4. The number of Topliss-reactive ketones (excluding diaryl/α,β-unsaturated/α-hetero) is 1. The summed E-state index contributed by atoms with van der Waals surface area (Å²) >= 11 is 0. The topological polar surface area (TPSA) is 81.7 Å². The fraction of sp³-hybridized carbons (Fsp3) is 0.286. The van der Waals surface area contributed by atoms with Gasteiger partial charge >= 0.3 is 5.97 Å². The summed E-state index contributed by atoms with van der Waals surface area (Å²) in [5.41, 5.74) is 1.01. The lowest BCUT2D eigenvalue weighted by Gasteiger charge is -2.13. The monoisotopic (exact) mass is 369 g/mol. The molecule has 6 nitrogen and oxygen atoms in total. The van der Waals surface area contributed by atoms with Gasteiger partial charge in [0.05, 0.1) is 0 Å². The lowest BCUT2D eigenvalue weighted by molar-refractivity contribution is -0.148. The van der Waals surface area contributed by atoms with Crippen LogP contribution in [0.5, 0.6) is 5.75 Å². The van der Waals surface area contributed by atoms with Crippen molar-refractivity contribution in [1.29, 1.82) is 0 Å². The van der Waals surface area contributed by atoms with E-state index in [1.54, 1.807) is 48.5 Å². The van der Waals surface area contributed by atoms with Gasteiger partial charge in [0.25, 0.3) is 0 Å². The molecule has 0 spiro atoms. The molecule has 0 aliphatic carbocycles. The van der Waals surface area contributed by atoms with Crippen molar-refractivity contribution in [2.75, 3.05) is 11.9 Å². The summed E-state index contributed by atoms with van der Waals surface area (Å²) in [6, 6.07) is 15.4. The van der Waals surface area contributed by atoms with E-state index in [4.69, 9.17) is 9.47 Å². The molecule has 0 saturated carbocycles. The number of hydrogen-bond donors (Lipinski definition) is 1. The fourth-order valence-electron chi connectivity index (χ4n) is 2.35. The summed E-state index contributed by atoms with van der Waals surface area (Å²) in [7, 11) is 0. The first-order valence-electron chi connectivity index (χ1n) is 8.81. The summed E-state index contributed by atoms with van der Waals surface area (Å²) < 4.78 is 10.4. The summed E-state index contributed by atoms with van der Waals surface area (Å²) in [4.78, 5) is 35.8. The van der Waals surface area contributed by atoms with Crippen LogP contribution in [0.25, 0.3) is 0 Å². The van der Waals surface area contributed by atoms with Gasteiger partial charge in [-0.15, -0.1) is 0 Å². The van der Waals surface area contributed by atoms with E-state index >= 15 is 0 Å². The average Bonchev–Trinajstić information content (AvgIpc) is 2.67. The quantitative estimate of drug-likeness (QED) is 0.539. The molecular weight excluding hydrogens is 346 g/mol. The predicted molar refractivity (Wildman–Crippen MR) is 102 cm³/mol. The Bertz CT molecular complexity index is 771. The Morgan fingerprint density at radius 1 is 1.00 bits per heavy atom. The molecule has 6 heteroatoms. The van der Waals surface area contributed by atoms with Crippen molar-refractivity contribution in [1.82, 2.24) is 0 Å². The van der Waals surface area contributed by atoms with Crippen LogP contribution >= 0.6 is 0 Å². The van der Waals surface area contributed by atoms with Gasteiger partial charge in [0.1, 0.15) is 5.75 Å². The molecule has 0 aliphatic heterocycles. The molecule has 1 N–H and O–H groups in total. The fourth-order valence-corrected chi connectivity index (χ4v) is 2.35. The number of hydrogen-bond acceptors (Lipinski definition) is 5. The Morgan fingerprint density at radius 2 is 1.67 bits per heavy atom. The standard InChI is InChI=1S/C21H23NO5/c1-3-7-19(23)22-17-12-10-16(11-13-17)21(25)15(2)27-20(24)14-26-18-8-5-4-6-9-18/h4-6,8-13,15H,3,7,14H2,1-2H3,(H,22,23). The van der Waals surface area contributed by atoms with E-state index in [2.05, 4.69) is 5.32 Å². The predicted octanol–water partition coefficient (Wildman–Crippen LogP) is 3.62. The summed E-state index contributed by atoms with van der Waals surface area (Å²) in [6.07, 6.45) is 0.273. The van der Waals surface area contributed by atoms with E-state index in [-0.39, 0.29) is 18.3 Å². The number of amides is 1. The lowest BCUT2D eigenvalue weighted by Crippen LogP contribution is -2.27. The Labute approximate surface area is 158 Å². The van der Waals surface area contributed by atoms with Crippen molar-refractivity contribution in [3.05, 3.63) is 60.2 Å². The van der Waals surface area contributed by atoms with E-state index in [1.807, 2.05) is 13.0 Å². The third-order valence-electron chi connectivity index (χ3n) is 3.71. The van der Waals surface area contributed by atoms with Gasteiger partial charge in [0.15, 0.2) is 12.7 Å². The van der Waals surface area contributed by atoms with Crippen molar-refractivity contribution in [2.24, 2.45) is 0 Å². The normalized spacial score (nSPS) is 11.3. The molecular formula is C21H23NO5. The maximum Gasteiger partial charge on any atom is 0.344 e. The number of anilines is 1. The number of ketones is 1. The lowest BCUT2D eigenvalue weighted by atomic mass is 10.1. The minimum absolute atomic E-state index is 0.0720. The molecule has 2 aromatic rings. The van der Waals surface area contributed by atoms with Gasteiger partial charge in [-0.2, -0.15) is 0 Å². The van der Waals surface area contributed by atoms with E-state index in [0.29, 0.717) is 23.4 Å². The van der Waals surface area contributed by atoms with Crippen molar-refractivity contribution < 1.29 is 23.9 Å². The molecule has 0 radical (unpaired) electrons. The number of carbonyl (C=O) groups excluding carboxylic acids is 3. The van der Waals surface area contributed by atoms with Crippen LogP contribution in [-0.2, 0) is 14.3 Å². The van der Waals surface area contributed by atoms with E-state index in [1.165, 1.54) is 6.92 Å². The number of para-hydroxylation sites is 1. The Hall–Kier alpha value is -3.15. The average molecular weight is 369 g/mol. The molecule has 1 unspecified atom stereocenters. The Balaban J connectivity index is 1.84. The van der Waals surface area contributed by atoms with E-state index in [0.717, 1.165) is 6.42 Å². The second-order valence-corrected chi connectivity index (χ2v) is 5.97. The highest BCUT2D eigenvalue weighted by Gasteiger charge is 2.20. The van der Waals surface area contributed by atoms with Gasteiger partial charge < -0.3 is 14.8 Å². The molecule has 0 aliphatic rings. The van der Waals surface area contributed by atoms with Gasteiger partial charge in [-0.1, -0.05) is 25.1 Å². The van der Waals surface area contributed by atoms with Crippen LogP contribution in [0.4, 0.5) is 5.69 Å². The molecule has 2 aromatic carbocycles. The van der Waals surface area contributed by atoms with Crippen LogP contribution in [0, 0.1) is 0 Å². The Morgan fingerprint density at radius 3 is 2.30 bits per heavy atom. The molecule has 142 valence electrons. The van der Waals surface area contributed by atoms with Crippen LogP contribution in [-0.4, -0.2) is 30.4 Å². The Kier molecular flexibility index (Phi) is 7.55. The van der Waals surface area contributed by atoms with Crippen molar-refractivity contribution in [2.45, 2.75) is 32.8 Å². The first kappa shape index (κ1) is 20.2. The highest BCUT2D eigenvalue weighted by Crippen LogP contribution is 2.13. The third kappa shape index (κ3) is 6.58. The van der Waals surface area contributed by atoms with Gasteiger partial charge in [0.2, 0.25) is 11.7 Å². The van der Waals surface area contributed by atoms with Gasteiger partial charge in [-0.05, 0) is 49.7 Å². The second kappa shape index (κ2) is 10.1. The molecule has 0 fully saturated rings. The SMILES string of the molecule is CCCC(=O)Nc1ccc(C(=O)C(C)OC(=O)COc2ccccc2)cc1. The number of carbonyl (C=O) groups is 3. The van der Waals surface area contributed by atoms with Gasteiger partial charge in [-0.3, -0.25) is 9.59 Å². The largest absolute Gasteiger partial charge is 0.482 e. The zero-order valence-corrected chi connectivity index (χ0v) is 15.4. The zero-order chi connectivity index (χ0) is 19.6. The van der Waals surface area contributed by atoms with Crippen LogP contribution < -0.4 is 10.1 Å². The second-order valence-electron chi connectivity index (χ2n) is 5.97. The van der Waals surface area contributed by atoms with Gasteiger partial charge in [-0.25, -0.2) is 4.79 Å². The molecule has 0 saturated heterocycles. The smallest absolute Gasteiger partial charge is 0.344 e. The molecule has 0 aromatic heterocycles. The molecule has 27 heavy (non-hydrogen) atoms. The highest BCUT2D eigenvalue weighted by molar-refractivity contribution is 6.00. The summed E-state index contributed by atoms with van der Waals surface area (Å²) in [5.74, 6) is -0.468. The number of esters is 1. The van der Waals surface area contributed by atoms with Crippen molar-refractivity contribution in [3.8, 4) is 5.75 Å². The number of benzene rings is 2. The van der Waals surface area contributed by atoms with E-state index < -0.39 is 12.1 Å². The van der Waals surface area contributed by atoms with E-state index in [9.17, 15) is 14.4 Å². The molecule has 2 rings (SSSR count). The first-order chi connectivity index (χ1) is 13.0. The summed E-state index contributed by atoms with van der Waals surface area (Å²) in [5, 5.41) is 2.75. The van der Waals surface area contributed by atoms with Crippen LogP contribution in [0.2, 0.25) is 0 Å². The minimum atomic E-state index is -0.933.